The Kier molecular flexibility index (Phi) is 3.76. The monoisotopic (exact) mass is 232 g/mol. The lowest BCUT2D eigenvalue weighted by molar-refractivity contribution is 0.386. The first-order valence-electron chi connectivity index (χ1n) is 6.06. The van der Waals surface area contributed by atoms with E-state index in [1.165, 1.54) is 0 Å². The number of nitrogens with one attached hydrogen (secondary N) is 1. The van der Waals surface area contributed by atoms with Crippen LogP contribution in [-0.2, 0) is 6.54 Å². The second kappa shape index (κ2) is 5.29. The molecule has 0 bridgehead atoms. The SMILES string of the molecule is CC(C)CC(Cn1cnc2ccccc21)NN. The molecule has 0 aliphatic heterocycles. The fraction of sp³-hybridized carbons (Fsp3) is 0.462. The predicted octanol–water partition coefficient (Wildman–Crippen LogP) is 1.91. The van der Waals surface area contributed by atoms with Crippen molar-refractivity contribution in [1.82, 2.24) is 15.0 Å². The minimum atomic E-state index is 0.285. The van der Waals surface area contributed by atoms with E-state index >= 15 is 0 Å². The molecule has 0 amide bonds. The average Bonchev–Trinajstić information content (AvgIpc) is 2.71. The second-order valence-corrected chi connectivity index (χ2v) is 4.88. The number of nitrogens with zero attached hydrogens (tertiary/aromatic N) is 2. The molecule has 2 rings (SSSR count). The Morgan fingerprint density at radius 3 is 2.82 bits per heavy atom. The molecule has 4 heteroatoms. The lowest BCUT2D eigenvalue weighted by atomic mass is 10.0. The van der Waals surface area contributed by atoms with Crippen molar-refractivity contribution < 1.29 is 0 Å². The number of para-hydroxylation sites is 2. The van der Waals surface area contributed by atoms with Gasteiger partial charge in [-0.2, -0.15) is 0 Å². The quantitative estimate of drug-likeness (QED) is 0.611. The molecular weight excluding hydrogens is 212 g/mol. The highest BCUT2D eigenvalue weighted by atomic mass is 15.2. The molecule has 0 saturated carbocycles. The van der Waals surface area contributed by atoms with E-state index in [0.717, 1.165) is 24.0 Å². The van der Waals surface area contributed by atoms with Crippen molar-refractivity contribution in [3.63, 3.8) is 0 Å². The lowest BCUT2D eigenvalue weighted by Gasteiger charge is -2.18. The van der Waals surface area contributed by atoms with E-state index in [1.807, 2.05) is 24.5 Å². The molecule has 2 aromatic rings. The summed E-state index contributed by atoms with van der Waals surface area (Å²) in [6.07, 6.45) is 2.94. The van der Waals surface area contributed by atoms with Crippen LogP contribution in [0.2, 0.25) is 0 Å². The molecule has 92 valence electrons. The van der Waals surface area contributed by atoms with Crippen molar-refractivity contribution in [3.05, 3.63) is 30.6 Å². The maximum Gasteiger partial charge on any atom is 0.0958 e. The molecule has 0 fully saturated rings. The summed E-state index contributed by atoms with van der Waals surface area (Å²) in [6, 6.07) is 8.44. The van der Waals surface area contributed by atoms with Gasteiger partial charge < -0.3 is 4.57 Å². The third-order valence-corrected chi connectivity index (χ3v) is 2.94. The summed E-state index contributed by atoms with van der Waals surface area (Å²) in [6.45, 7) is 5.27. The van der Waals surface area contributed by atoms with Gasteiger partial charge in [0.05, 0.1) is 17.4 Å². The predicted molar refractivity (Wildman–Crippen MR) is 70.3 cm³/mol. The Balaban J connectivity index is 2.16. The van der Waals surface area contributed by atoms with Crippen LogP contribution in [0.3, 0.4) is 0 Å². The van der Waals surface area contributed by atoms with Gasteiger partial charge in [-0.05, 0) is 24.5 Å². The van der Waals surface area contributed by atoms with Gasteiger partial charge in [-0.15, -0.1) is 0 Å². The zero-order valence-corrected chi connectivity index (χ0v) is 10.4. The molecule has 1 aromatic heterocycles. The van der Waals surface area contributed by atoms with Crippen LogP contribution < -0.4 is 11.3 Å². The smallest absolute Gasteiger partial charge is 0.0958 e. The Bertz CT molecular complexity index is 475. The van der Waals surface area contributed by atoms with E-state index in [-0.39, 0.29) is 6.04 Å². The summed E-state index contributed by atoms with van der Waals surface area (Å²) >= 11 is 0. The molecule has 1 unspecified atom stereocenters. The van der Waals surface area contributed by atoms with E-state index < -0.39 is 0 Å². The summed E-state index contributed by atoms with van der Waals surface area (Å²) in [5.74, 6) is 6.23. The van der Waals surface area contributed by atoms with Crippen molar-refractivity contribution in [2.45, 2.75) is 32.9 Å². The number of fused-ring (bicyclic) bond motifs is 1. The van der Waals surface area contributed by atoms with E-state index in [2.05, 4.69) is 34.9 Å². The number of hydrogen-bond acceptors (Lipinski definition) is 3. The molecule has 0 aliphatic carbocycles. The highest BCUT2D eigenvalue weighted by Gasteiger charge is 2.11. The Morgan fingerprint density at radius 1 is 1.35 bits per heavy atom. The van der Waals surface area contributed by atoms with E-state index in [4.69, 9.17) is 5.84 Å². The van der Waals surface area contributed by atoms with Crippen molar-refractivity contribution in [2.75, 3.05) is 0 Å². The molecule has 0 radical (unpaired) electrons. The summed E-state index contributed by atoms with van der Waals surface area (Å²) in [7, 11) is 0. The third-order valence-electron chi connectivity index (χ3n) is 2.94. The van der Waals surface area contributed by atoms with Crippen molar-refractivity contribution in [2.24, 2.45) is 11.8 Å². The first-order valence-corrected chi connectivity index (χ1v) is 6.06. The number of nitrogens with two attached hydrogens (primary N) is 1. The van der Waals surface area contributed by atoms with E-state index in [9.17, 15) is 0 Å². The summed E-state index contributed by atoms with van der Waals surface area (Å²) in [5.41, 5.74) is 5.09. The first kappa shape index (κ1) is 12.1. The molecule has 3 N–H and O–H groups in total. The number of hydrogen-bond donors (Lipinski definition) is 2. The maximum atomic E-state index is 5.60. The highest BCUT2D eigenvalue weighted by molar-refractivity contribution is 5.74. The van der Waals surface area contributed by atoms with Crippen LogP contribution in [0.4, 0.5) is 0 Å². The van der Waals surface area contributed by atoms with Gasteiger partial charge in [0.25, 0.3) is 0 Å². The third kappa shape index (κ3) is 2.84. The molecule has 0 spiro atoms. The van der Waals surface area contributed by atoms with Gasteiger partial charge >= 0.3 is 0 Å². The van der Waals surface area contributed by atoms with Crippen molar-refractivity contribution in [3.8, 4) is 0 Å². The van der Waals surface area contributed by atoms with Crippen LogP contribution in [0.1, 0.15) is 20.3 Å². The normalized spacial score (nSPS) is 13.4. The standard InChI is InChI=1S/C13H20N4/c1-10(2)7-11(16-14)8-17-9-15-12-5-3-4-6-13(12)17/h3-6,9-11,16H,7-8,14H2,1-2H3. The number of hydrazine groups is 1. The van der Waals surface area contributed by atoms with Gasteiger partial charge in [-0.25, -0.2) is 4.98 Å². The first-order chi connectivity index (χ1) is 8.20. The number of aromatic nitrogens is 2. The van der Waals surface area contributed by atoms with Crippen LogP contribution in [0.15, 0.2) is 30.6 Å². The van der Waals surface area contributed by atoms with Crippen molar-refractivity contribution >= 4 is 11.0 Å². The molecule has 1 heterocycles. The molecular formula is C13H20N4. The average molecular weight is 232 g/mol. The zero-order chi connectivity index (χ0) is 12.3. The van der Waals surface area contributed by atoms with Crippen LogP contribution in [0, 0.1) is 5.92 Å². The van der Waals surface area contributed by atoms with Crippen LogP contribution in [0.5, 0.6) is 0 Å². The van der Waals surface area contributed by atoms with E-state index in [1.54, 1.807) is 0 Å². The fourth-order valence-electron chi connectivity index (χ4n) is 2.16. The van der Waals surface area contributed by atoms with Crippen molar-refractivity contribution in [1.29, 1.82) is 0 Å². The molecule has 1 aromatic carbocycles. The van der Waals surface area contributed by atoms with Gasteiger partial charge in [-0.3, -0.25) is 11.3 Å². The van der Waals surface area contributed by atoms with Gasteiger partial charge in [-0.1, -0.05) is 26.0 Å². The molecule has 4 nitrogen and oxygen atoms in total. The topological polar surface area (TPSA) is 55.9 Å². The Labute approximate surface area is 102 Å². The molecule has 0 aliphatic rings. The fourth-order valence-corrected chi connectivity index (χ4v) is 2.16. The molecule has 1 atom stereocenters. The molecule has 17 heavy (non-hydrogen) atoms. The van der Waals surface area contributed by atoms with E-state index in [0.29, 0.717) is 5.92 Å². The maximum absolute atomic E-state index is 5.60. The zero-order valence-electron chi connectivity index (χ0n) is 10.4. The second-order valence-electron chi connectivity index (χ2n) is 4.88. The van der Waals surface area contributed by atoms with Crippen LogP contribution in [-0.4, -0.2) is 15.6 Å². The van der Waals surface area contributed by atoms with Crippen LogP contribution >= 0.6 is 0 Å². The minimum Gasteiger partial charge on any atom is -0.329 e. The number of benzene rings is 1. The van der Waals surface area contributed by atoms with Gasteiger partial charge in [0.2, 0.25) is 0 Å². The number of rotatable bonds is 5. The minimum absolute atomic E-state index is 0.285. The highest BCUT2D eigenvalue weighted by Crippen LogP contribution is 2.14. The Hall–Kier alpha value is -1.39. The summed E-state index contributed by atoms with van der Waals surface area (Å²) in [4.78, 5) is 4.38. The molecule has 0 saturated heterocycles. The largest absolute Gasteiger partial charge is 0.329 e. The van der Waals surface area contributed by atoms with Crippen LogP contribution in [0.25, 0.3) is 11.0 Å². The number of imidazole rings is 1. The van der Waals surface area contributed by atoms with Gasteiger partial charge in [0, 0.05) is 12.6 Å². The van der Waals surface area contributed by atoms with Gasteiger partial charge in [0.15, 0.2) is 0 Å². The lowest BCUT2D eigenvalue weighted by Crippen LogP contribution is -2.39. The summed E-state index contributed by atoms with van der Waals surface area (Å²) in [5, 5.41) is 0. The Morgan fingerprint density at radius 2 is 2.12 bits per heavy atom. The summed E-state index contributed by atoms with van der Waals surface area (Å²) < 4.78 is 2.15. The van der Waals surface area contributed by atoms with Gasteiger partial charge in [0.1, 0.15) is 0 Å².